The van der Waals surface area contributed by atoms with E-state index in [1.54, 1.807) is 0 Å². The van der Waals surface area contributed by atoms with Gasteiger partial charge in [-0.05, 0) is 31.4 Å². The molecule has 1 aromatic rings. The summed E-state index contributed by atoms with van der Waals surface area (Å²) < 4.78 is 5.38. The van der Waals surface area contributed by atoms with Crippen molar-refractivity contribution in [2.45, 2.75) is 25.9 Å². The number of para-hydroxylation sites is 1. The summed E-state index contributed by atoms with van der Waals surface area (Å²) in [4.78, 5) is 2.38. The van der Waals surface area contributed by atoms with Crippen LogP contribution in [0, 0.1) is 0 Å². The highest BCUT2D eigenvalue weighted by Gasteiger charge is 2.14. The predicted molar refractivity (Wildman–Crippen MR) is 69.5 cm³/mol. The Kier molecular flexibility index (Phi) is 4.40. The second-order valence-corrected chi connectivity index (χ2v) is 4.62. The summed E-state index contributed by atoms with van der Waals surface area (Å²) in [5.74, 6) is 0. The van der Waals surface area contributed by atoms with E-state index in [-0.39, 0.29) is 6.10 Å². The monoisotopic (exact) mass is 235 g/mol. The van der Waals surface area contributed by atoms with Crippen LogP contribution in [-0.2, 0) is 11.2 Å². The van der Waals surface area contributed by atoms with Crippen molar-refractivity contribution in [2.24, 2.45) is 0 Å². The van der Waals surface area contributed by atoms with E-state index in [1.807, 2.05) is 6.92 Å². The molecule has 0 amide bonds. The number of aryl methyl sites for hydroxylation is 1. The highest BCUT2D eigenvalue weighted by atomic mass is 16.5. The Morgan fingerprint density at radius 2 is 2.00 bits per heavy atom. The molecule has 94 valence electrons. The van der Waals surface area contributed by atoms with Gasteiger partial charge in [-0.15, -0.1) is 0 Å². The molecule has 0 radical (unpaired) electrons. The van der Waals surface area contributed by atoms with E-state index in [1.165, 1.54) is 11.3 Å². The van der Waals surface area contributed by atoms with Crippen molar-refractivity contribution >= 4 is 5.69 Å². The van der Waals surface area contributed by atoms with Crippen LogP contribution in [0.5, 0.6) is 0 Å². The zero-order chi connectivity index (χ0) is 12.1. The van der Waals surface area contributed by atoms with Crippen LogP contribution >= 0.6 is 0 Å². The second-order valence-electron chi connectivity index (χ2n) is 4.62. The standard InChI is InChI=1S/C14H21NO2/c1-12(16)6-7-13-4-2-3-5-14(13)15-8-10-17-11-9-15/h2-5,12,16H,6-11H2,1H3/t12-/m1/s1. The molecule has 0 spiro atoms. The molecule has 1 heterocycles. The summed E-state index contributed by atoms with van der Waals surface area (Å²) in [6.45, 7) is 5.39. The highest BCUT2D eigenvalue weighted by molar-refractivity contribution is 5.54. The average molecular weight is 235 g/mol. The number of rotatable bonds is 4. The molecule has 1 N–H and O–H groups in total. The van der Waals surface area contributed by atoms with Crippen LogP contribution in [-0.4, -0.2) is 37.5 Å². The van der Waals surface area contributed by atoms with E-state index in [0.29, 0.717) is 0 Å². The number of nitrogens with zero attached hydrogens (tertiary/aromatic N) is 1. The molecule has 2 rings (SSSR count). The zero-order valence-electron chi connectivity index (χ0n) is 10.4. The van der Waals surface area contributed by atoms with Gasteiger partial charge < -0.3 is 14.7 Å². The first-order valence-electron chi connectivity index (χ1n) is 6.36. The molecular formula is C14H21NO2. The molecule has 0 aromatic heterocycles. The van der Waals surface area contributed by atoms with Crippen molar-refractivity contribution < 1.29 is 9.84 Å². The van der Waals surface area contributed by atoms with Crippen molar-refractivity contribution in [1.82, 2.24) is 0 Å². The van der Waals surface area contributed by atoms with Crippen LogP contribution in [0.15, 0.2) is 24.3 Å². The van der Waals surface area contributed by atoms with E-state index in [2.05, 4.69) is 29.2 Å². The maximum atomic E-state index is 9.38. The van der Waals surface area contributed by atoms with Crippen LogP contribution in [0.3, 0.4) is 0 Å². The number of ether oxygens (including phenoxy) is 1. The largest absolute Gasteiger partial charge is 0.393 e. The Hall–Kier alpha value is -1.06. The number of aliphatic hydroxyl groups is 1. The number of benzene rings is 1. The van der Waals surface area contributed by atoms with Crippen molar-refractivity contribution in [2.75, 3.05) is 31.2 Å². The fourth-order valence-corrected chi connectivity index (χ4v) is 2.20. The van der Waals surface area contributed by atoms with Crippen LogP contribution < -0.4 is 4.90 Å². The third-order valence-electron chi connectivity index (χ3n) is 3.17. The first-order chi connectivity index (χ1) is 8.27. The van der Waals surface area contributed by atoms with Crippen molar-refractivity contribution in [3.63, 3.8) is 0 Å². The lowest BCUT2D eigenvalue weighted by atomic mass is 10.0. The average Bonchev–Trinajstić information content (AvgIpc) is 2.38. The normalized spacial score (nSPS) is 18.1. The molecule has 0 bridgehead atoms. The van der Waals surface area contributed by atoms with Gasteiger partial charge in [0.25, 0.3) is 0 Å². The highest BCUT2D eigenvalue weighted by Crippen LogP contribution is 2.23. The van der Waals surface area contributed by atoms with Gasteiger partial charge >= 0.3 is 0 Å². The number of morpholine rings is 1. The van der Waals surface area contributed by atoms with Crippen LogP contribution in [0.25, 0.3) is 0 Å². The fourth-order valence-electron chi connectivity index (χ4n) is 2.20. The lowest BCUT2D eigenvalue weighted by molar-refractivity contribution is 0.122. The molecule has 0 aliphatic carbocycles. The maximum absolute atomic E-state index is 9.38. The molecule has 1 saturated heterocycles. The number of anilines is 1. The second kappa shape index (κ2) is 6.03. The van der Waals surface area contributed by atoms with Crippen molar-refractivity contribution in [3.8, 4) is 0 Å². The Morgan fingerprint density at radius 1 is 1.29 bits per heavy atom. The van der Waals surface area contributed by atoms with E-state index in [0.717, 1.165) is 39.1 Å². The number of hydrogen-bond donors (Lipinski definition) is 1. The Balaban J connectivity index is 2.09. The molecule has 0 saturated carbocycles. The van der Waals surface area contributed by atoms with E-state index >= 15 is 0 Å². The summed E-state index contributed by atoms with van der Waals surface area (Å²) in [6.07, 6.45) is 1.53. The number of aliphatic hydroxyl groups excluding tert-OH is 1. The van der Waals surface area contributed by atoms with Crippen LogP contribution in [0.2, 0.25) is 0 Å². The lowest BCUT2D eigenvalue weighted by Crippen LogP contribution is -2.36. The Labute approximate surface area is 103 Å². The van der Waals surface area contributed by atoms with Gasteiger partial charge in [0.2, 0.25) is 0 Å². The van der Waals surface area contributed by atoms with Crippen molar-refractivity contribution in [3.05, 3.63) is 29.8 Å². The van der Waals surface area contributed by atoms with E-state index < -0.39 is 0 Å². The molecule has 1 atom stereocenters. The molecule has 17 heavy (non-hydrogen) atoms. The molecule has 1 aromatic carbocycles. The van der Waals surface area contributed by atoms with Gasteiger partial charge in [-0.25, -0.2) is 0 Å². The van der Waals surface area contributed by atoms with Gasteiger partial charge in [-0.2, -0.15) is 0 Å². The molecule has 0 unspecified atom stereocenters. The summed E-state index contributed by atoms with van der Waals surface area (Å²) in [5.41, 5.74) is 2.63. The SMILES string of the molecule is C[C@@H](O)CCc1ccccc1N1CCOCC1. The molecule has 1 aliphatic heterocycles. The van der Waals surface area contributed by atoms with Gasteiger partial charge in [-0.3, -0.25) is 0 Å². The third kappa shape index (κ3) is 3.45. The smallest absolute Gasteiger partial charge is 0.0642 e. The zero-order valence-corrected chi connectivity index (χ0v) is 10.4. The minimum absolute atomic E-state index is 0.229. The minimum atomic E-state index is -0.229. The summed E-state index contributed by atoms with van der Waals surface area (Å²) in [7, 11) is 0. The summed E-state index contributed by atoms with van der Waals surface area (Å²) in [6, 6.07) is 8.48. The quantitative estimate of drug-likeness (QED) is 0.864. The topological polar surface area (TPSA) is 32.7 Å². The minimum Gasteiger partial charge on any atom is -0.393 e. The molecule has 3 nitrogen and oxygen atoms in total. The van der Waals surface area contributed by atoms with Gasteiger partial charge in [0.1, 0.15) is 0 Å². The molecule has 1 fully saturated rings. The maximum Gasteiger partial charge on any atom is 0.0642 e. The van der Waals surface area contributed by atoms with Gasteiger partial charge in [0.15, 0.2) is 0 Å². The molecule has 1 aliphatic rings. The van der Waals surface area contributed by atoms with Crippen LogP contribution in [0.1, 0.15) is 18.9 Å². The van der Waals surface area contributed by atoms with Crippen molar-refractivity contribution in [1.29, 1.82) is 0 Å². The first-order valence-corrected chi connectivity index (χ1v) is 6.36. The lowest BCUT2D eigenvalue weighted by Gasteiger charge is -2.30. The first kappa shape index (κ1) is 12.4. The third-order valence-corrected chi connectivity index (χ3v) is 3.17. The van der Waals surface area contributed by atoms with Crippen LogP contribution in [0.4, 0.5) is 5.69 Å². The summed E-state index contributed by atoms with van der Waals surface area (Å²) in [5, 5.41) is 9.38. The van der Waals surface area contributed by atoms with Gasteiger partial charge in [-0.1, -0.05) is 18.2 Å². The Bertz CT molecular complexity index is 346. The molecular weight excluding hydrogens is 214 g/mol. The Morgan fingerprint density at radius 3 is 2.71 bits per heavy atom. The number of hydrogen-bond acceptors (Lipinski definition) is 3. The van der Waals surface area contributed by atoms with E-state index in [9.17, 15) is 5.11 Å². The van der Waals surface area contributed by atoms with Gasteiger partial charge in [0.05, 0.1) is 19.3 Å². The molecule has 3 heteroatoms. The van der Waals surface area contributed by atoms with Gasteiger partial charge in [0, 0.05) is 18.8 Å². The van der Waals surface area contributed by atoms with E-state index in [4.69, 9.17) is 4.74 Å². The summed E-state index contributed by atoms with van der Waals surface area (Å²) >= 11 is 0. The fraction of sp³-hybridized carbons (Fsp3) is 0.571. The predicted octanol–water partition coefficient (Wildman–Crippen LogP) is 1.84.